The lowest BCUT2D eigenvalue weighted by atomic mass is 10.1. The second-order valence-corrected chi connectivity index (χ2v) is 7.79. The molecule has 1 atom stereocenters. The summed E-state index contributed by atoms with van der Waals surface area (Å²) < 4.78 is 28.7. The summed E-state index contributed by atoms with van der Waals surface area (Å²) in [7, 11) is 0. The van der Waals surface area contributed by atoms with Gasteiger partial charge >= 0.3 is 0 Å². The van der Waals surface area contributed by atoms with Gasteiger partial charge in [-0.05, 0) is 49.6 Å². The van der Waals surface area contributed by atoms with E-state index in [1.165, 1.54) is 0 Å². The van der Waals surface area contributed by atoms with E-state index in [2.05, 4.69) is 16.8 Å². The fourth-order valence-electron chi connectivity index (χ4n) is 3.39. The third-order valence-corrected chi connectivity index (χ3v) is 5.23. The van der Waals surface area contributed by atoms with Crippen molar-refractivity contribution in [1.29, 1.82) is 0 Å². The van der Waals surface area contributed by atoms with Crippen molar-refractivity contribution < 1.29 is 23.7 Å². The summed E-state index contributed by atoms with van der Waals surface area (Å²) in [6.07, 6.45) is -0.121. The lowest BCUT2D eigenvalue weighted by molar-refractivity contribution is -0.102. The third-order valence-electron chi connectivity index (χ3n) is 5.23. The quantitative estimate of drug-likeness (QED) is 0.460. The second-order valence-electron chi connectivity index (χ2n) is 7.79. The van der Waals surface area contributed by atoms with Crippen molar-refractivity contribution >= 4 is 0 Å². The molecule has 2 aromatic carbocycles. The maximum Gasteiger partial charge on any atom is 0.218 e. The first-order valence-corrected chi connectivity index (χ1v) is 11.5. The Balaban J connectivity index is 1.55. The van der Waals surface area contributed by atoms with Crippen LogP contribution in [-0.4, -0.2) is 44.1 Å². The number of ether oxygens (including phenoxy) is 5. The van der Waals surface area contributed by atoms with Crippen LogP contribution >= 0.6 is 0 Å². The first-order chi connectivity index (χ1) is 16.7. The Morgan fingerprint density at radius 3 is 2.53 bits per heavy atom. The third kappa shape index (κ3) is 6.74. The number of hydrogen-bond acceptors (Lipinski definition) is 6. The van der Waals surface area contributed by atoms with Crippen LogP contribution in [0.15, 0.2) is 60.7 Å². The van der Waals surface area contributed by atoms with E-state index in [-0.39, 0.29) is 6.10 Å². The van der Waals surface area contributed by atoms with E-state index < -0.39 is 0 Å². The van der Waals surface area contributed by atoms with Gasteiger partial charge in [-0.25, -0.2) is 4.98 Å². The molecule has 0 bridgehead atoms. The smallest absolute Gasteiger partial charge is 0.218 e. The minimum atomic E-state index is -0.121. The fourth-order valence-corrected chi connectivity index (χ4v) is 3.39. The SMILES string of the molecule is CCOc1ccc(C#Cc2nc(OCC3COCCO3)cc(OCc3ccccc3)c2C)cc1. The number of nitrogens with zero attached hydrogens (tertiary/aromatic N) is 1. The molecule has 0 spiro atoms. The minimum Gasteiger partial charge on any atom is -0.494 e. The van der Waals surface area contributed by atoms with Crippen molar-refractivity contribution in [3.05, 3.63) is 83.0 Å². The van der Waals surface area contributed by atoms with Gasteiger partial charge in [0.15, 0.2) is 0 Å². The average Bonchev–Trinajstić information content (AvgIpc) is 2.89. The molecule has 34 heavy (non-hydrogen) atoms. The highest BCUT2D eigenvalue weighted by Crippen LogP contribution is 2.26. The number of benzene rings is 2. The van der Waals surface area contributed by atoms with Crippen molar-refractivity contribution in [2.24, 2.45) is 0 Å². The number of pyridine rings is 1. The zero-order valence-corrected chi connectivity index (χ0v) is 19.6. The summed E-state index contributed by atoms with van der Waals surface area (Å²) in [5.74, 6) is 8.31. The molecule has 0 saturated carbocycles. The van der Waals surface area contributed by atoms with Gasteiger partial charge < -0.3 is 23.7 Å². The van der Waals surface area contributed by atoms with Crippen molar-refractivity contribution in [3.8, 4) is 29.2 Å². The highest BCUT2D eigenvalue weighted by Gasteiger charge is 2.17. The summed E-state index contributed by atoms with van der Waals surface area (Å²) in [6, 6.07) is 19.5. The fraction of sp³-hybridized carbons (Fsp3) is 0.321. The average molecular weight is 460 g/mol. The lowest BCUT2D eigenvalue weighted by Crippen LogP contribution is -2.33. The Kier molecular flexibility index (Phi) is 8.39. The van der Waals surface area contributed by atoms with Gasteiger partial charge in [0.05, 0.1) is 26.4 Å². The van der Waals surface area contributed by atoms with Crippen LogP contribution < -0.4 is 14.2 Å². The maximum atomic E-state index is 6.13. The number of aromatic nitrogens is 1. The molecule has 1 aliphatic rings. The summed E-state index contributed by atoms with van der Waals surface area (Å²) in [4.78, 5) is 4.64. The van der Waals surface area contributed by atoms with E-state index in [4.69, 9.17) is 23.7 Å². The zero-order valence-electron chi connectivity index (χ0n) is 19.6. The molecule has 1 fully saturated rings. The largest absolute Gasteiger partial charge is 0.494 e. The van der Waals surface area contributed by atoms with Gasteiger partial charge in [-0.3, -0.25) is 0 Å². The summed E-state index contributed by atoms with van der Waals surface area (Å²) in [5, 5.41) is 0. The van der Waals surface area contributed by atoms with Gasteiger partial charge in [0.1, 0.15) is 36.5 Å². The lowest BCUT2D eigenvalue weighted by Gasteiger charge is -2.23. The highest BCUT2D eigenvalue weighted by molar-refractivity contribution is 5.50. The number of hydrogen-bond donors (Lipinski definition) is 0. The Morgan fingerprint density at radius 1 is 0.971 bits per heavy atom. The molecule has 0 amide bonds. The molecular weight excluding hydrogens is 430 g/mol. The van der Waals surface area contributed by atoms with Gasteiger partial charge in [0.2, 0.25) is 5.88 Å². The second kappa shape index (κ2) is 12.1. The van der Waals surface area contributed by atoms with E-state index in [0.717, 1.165) is 22.4 Å². The van der Waals surface area contributed by atoms with Gasteiger partial charge in [-0.1, -0.05) is 36.3 Å². The molecule has 1 aliphatic heterocycles. The van der Waals surface area contributed by atoms with E-state index in [0.29, 0.717) is 57.0 Å². The Labute approximate surface area is 200 Å². The first-order valence-electron chi connectivity index (χ1n) is 11.5. The van der Waals surface area contributed by atoms with Crippen LogP contribution in [0.25, 0.3) is 0 Å². The molecule has 3 aromatic rings. The first kappa shape index (κ1) is 23.6. The van der Waals surface area contributed by atoms with Crippen LogP contribution in [0, 0.1) is 18.8 Å². The Bertz CT molecular complexity index is 1110. The summed E-state index contributed by atoms with van der Waals surface area (Å²) in [5.41, 5.74) is 3.42. The van der Waals surface area contributed by atoms with Crippen LogP contribution in [-0.2, 0) is 16.1 Å². The molecule has 176 valence electrons. The molecule has 0 radical (unpaired) electrons. The van der Waals surface area contributed by atoms with Crippen molar-refractivity contribution in [1.82, 2.24) is 4.98 Å². The molecular formula is C28H29NO5. The van der Waals surface area contributed by atoms with Crippen LogP contribution in [0.5, 0.6) is 17.4 Å². The van der Waals surface area contributed by atoms with Crippen LogP contribution in [0.3, 0.4) is 0 Å². The van der Waals surface area contributed by atoms with Gasteiger partial charge in [0, 0.05) is 17.2 Å². The van der Waals surface area contributed by atoms with Gasteiger partial charge in [-0.15, -0.1) is 0 Å². The molecule has 1 unspecified atom stereocenters. The molecule has 6 nitrogen and oxygen atoms in total. The van der Waals surface area contributed by atoms with Crippen LogP contribution in [0.2, 0.25) is 0 Å². The van der Waals surface area contributed by atoms with E-state index >= 15 is 0 Å². The normalized spacial score (nSPS) is 15.2. The maximum absolute atomic E-state index is 6.13. The molecule has 1 saturated heterocycles. The molecule has 6 heteroatoms. The van der Waals surface area contributed by atoms with Crippen LogP contribution in [0.4, 0.5) is 0 Å². The Morgan fingerprint density at radius 2 is 1.79 bits per heavy atom. The zero-order chi connectivity index (χ0) is 23.6. The van der Waals surface area contributed by atoms with Crippen molar-refractivity contribution in [2.75, 3.05) is 33.0 Å². The monoisotopic (exact) mass is 459 g/mol. The van der Waals surface area contributed by atoms with Gasteiger partial charge in [0.25, 0.3) is 0 Å². The summed E-state index contributed by atoms with van der Waals surface area (Å²) in [6.45, 7) is 7.02. The van der Waals surface area contributed by atoms with Crippen molar-refractivity contribution in [2.45, 2.75) is 26.6 Å². The minimum absolute atomic E-state index is 0.121. The Hall–Kier alpha value is -3.53. The van der Waals surface area contributed by atoms with E-state index in [1.54, 1.807) is 0 Å². The molecule has 2 heterocycles. The number of rotatable bonds is 8. The molecule has 0 aliphatic carbocycles. The molecule has 4 rings (SSSR count). The van der Waals surface area contributed by atoms with Crippen LogP contribution in [0.1, 0.15) is 29.3 Å². The molecule has 0 N–H and O–H groups in total. The van der Waals surface area contributed by atoms with Gasteiger partial charge in [-0.2, -0.15) is 0 Å². The summed E-state index contributed by atoms with van der Waals surface area (Å²) >= 11 is 0. The van der Waals surface area contributed by atoms with Crippen molar-refractivity contribution in [3.63, 3.8) is 0 Å². The molecule has 1 aromatic heterocycles. The predicted molar refractivity (Wildman–Crippen MR) is 129 cm³/mol. The topological polar surface area (TPSA) is 59.0 Å². The van der Waals surface area contributed by atoms with E-state index in [1.807, 2.05) is 74.5 Å². The highest BCUT2D eigenvalue weighted by atomic mass is 16.6. The van der Waals surface area contributed by atoms with E-state index in [9.17, 15) is 0 Å². The predicted octanol–water partition coefficient (Wildman–Crippen LogP) is 4.56. The standard InChI is InChI=1S/C28H29NO5/c1-3-31-24-12-9-22(10-13-24)11-14-26-21(2)27(33-18-23-7-5-4-6-8-23)17-28(29-26)34-20-25-19-30-15-16-32-25/h4-10,12-13,17,25H,3,15-16,18-20H2,1-2H3.